The minimum atomic E-state index is 0.250. The maximum Gasteiger partial charge on any atom is 0.178 e. The van der Waals surface area contributed by atoms with Gasteiger partial charge in [-0.15, -0.1) is 0 Å². The van der Waals surface area contributed by atoms with E-state index in [0.29, 0.717) is 0 Å². The van der Waals surface area contributed by atoms with Crippen LogP contribution in [-0.4, -0.2) is 9.55 Å². The van der Waals surface area contributed by atoms with Gasteiger partial charge in [0, 0.05) is 6.20 Å². The summed E-state index contributed by atoms with van der Waals surface area (Å²) in [7, 11) is 0. The van der Waals surface area contributed by atoms with Gasteiger partial charge in [-0.25, -0.2) is 0 Å². The van der Waals surface area contributed by atoms with E-state index in [4.69, 9.17) is 12.2 Å². The second-order valence-corrected chi connectivity index (χ2v) is 5.44. The molecule has 0 aliphatic heterocycles. The van der Waals surface area contributed by atoms with Gasteiger partial charge in [0.1, 0.15) is 0 Å². The van der Waals surface area contributed by atoms with Crippen LogP contribution >= 0.6 is 12.2 Å². The zero-order valence-electron chi connectivity index (χ0n) is 12.0. The van der Waals surface area contributed by atoms with Crippen LogP contribution in [0.5, 0.6) is 0 Å². The summed E-state index contributed by atoms with van der Waals surface area (Å²) in [5, 5.41) is 0. The Kier molecular flexibility index (Phi) is 4.02. The monoisotopic (exact) mass is 294 g/mol. The Morgan fingerprint density at radius 1 is 1.00 bits per heavy atom. The van der Waals surface area contributed by atoms with Crippen molar-refractivity contribution in [1.29, 1.82) is 0 Å². The summed E-state index contributed by atoms with van der Waals surface area (Å²) in [5.41, 5.74) is 3.60. The van der Waals surface area contributed by atoms with Crippen LogP contribution in [0.25, 0.3) is 11.3 Å². The van der Waals surface area contributed by atoms with Crippen molar-refractivity contribution >= 4 is 12.2 Å². The van der Waals surface area contributed by atoms with Crippen LogP contribution in [0.3, 0.4) is 0 Å². The summed E-state index contributed by atoms with van der Waals surface area (Å²) >= 11 is 5.52. The van der Waals surface area contributed by atoms with Crippen LogP contribution < -0.4 is 0 Å². The van der Waals surface area contributed by atoms with Crippen molar-refractivity contribution in [3.05, 3.63) is 77.2 Å². The van der Waals surface area contributed by atoms with E-state index in [9.17, 15) is 0 Å². The first-order valence-corrected chi connectivity index (χ1v) is 7.62. The standard InChI is InChI=1S/C18H18N2S/c1-2-16(14-9-5-3-6-10-14)20-17(13-19-18(20)21)15-11-7-4-8-12-15/h3-13,16H,2H2,1H3,(H,19,21). The summed E-state index contributed by atoms with van der Waals surface area (Å²) in [5.74, 6) is 0. The maximum atomic E-state index is 5.52. The zero-order chi connectivity index (χ0) is 14.7. The summed E-state index contributed by atoms with van der Waals surface area (Å²) in [6.45, 7) is 2.20. The fourth-order valence-electron chi connectivity index (χ4n) is 2.76. The predicted octanol–water partition coefficient (Wildman–Crippen LogP) is 5.21. The third-order valence-corrected chi connectivity index (χ3v) is 4.08. The molecule has 0 aliphatic carbocycles. The highest BCUT2D eigenvalue weighted by Gasteiger charge is 2.16. The Bertz CT molecular complexity index is 757. The molecule has 106 valence electrons. The minimum absolute atomic E-state index is 0.250. The Morgan fingerprint density at radius 2 is 1.62 bits per heavy atom. The predicted molar refractivity (Wildman–Crippen MR) is 89.9 cm³/mol. The largest absolute Gasteiger partial charge is 0.337 e. The fourth-order valence-corrected chi connectivity index (χ4v) is 3.05. The molecule has 1 N–H and O–H groups in total. The lowest BCUT2D eigenvalue weighted by atomic mass is 10.0. The molecule has 0 amide bonds. The molecule has 2 aromatic carbocycles. The molecule has 3 heteroatoms. The number of nitrogens with zero attached hydrogens (tertiary/aromatic N) is 1. The van der Waals surface area contributed by atoms with Gasteiger partial charge in [0.05, 0.1) is 11.7 Å². The molecule has 0 saturated carbocycles. The van der Waals surface area contributed by atoms with E-state index in [1.807, 2.05) is 18.3 Å². The lowest BCUT2D eigenvalue weighted by molar-refractivity contribution is 0.565. The van der Waals surface area contributed by atoms with E-state index in [-0.39, 0.29) is 6.04 Å². The van der Waals surface area contributed by atoms with Gasteiger partial charge in [-0.2, -0.15) is 0 Å². The Labute approximate surface area is 130 Å². The van der Waals surface area contributed by atoms with Crippen LogP contribution in [0.15, 0.2) is 66.9 Å². The van der Waals surface area contributed by atoms with Gasteiger partial charge in [-0.05, 0) is 29.8 Å². The number of aromatic nitrogens is 2. The van der Waals surface area contributed by atoms with Crippen LogP contribution in [0.1, 0.15) is 24.9 Å². The van der Waals surface area contributed by atoms with Gasteiger partial charge in [0.2, 0.25) is 0 Å². The number of hydrogen-bond acceptors (Lipinski definition) is 1. The summed E-state index contributed by atoms with van der Waals surface area (Å²) < 4.78 is 2.99. The van der Waals surface area contributed by atoms with Gasteiger partial charge in [-0.1, -0.05) is 67.6 Å². The maximum absolute atomic E-state index is 5.52. The van der Waals surface area contributed by atoms with Gasteiger partial charge >= 0.3 is 0 Å². The van der Waals surface area contributed by atoms with Gasteiger partial charge in [0.15, 0.2) is 4.77 Å². The summed E-state index contributed by atoms with van der Waals surface area (Å²) in [4.78, 5) is 3.20. The number of benzene rings is 2. The second-order valence-electron chi connectivity index (χ2n) is 5.05. The van der Waals surface area contributed by atoms with Gasteiger partial charge in [0.25, 0.3) is 0 Å². The van der Waals surface area contributed by atoms with Crippen molar-refractivity contribution in [1.82, 2.24) is 9.55 Å². The molecule has 1 heterocycles. The number of imidazole rings is 1. The van der Waals surface area contributed by atoms with Crippen LogP contribution in [0.4, 0.5) is 0 Å². The number of hydrogen-bond donors (Lipinski definition) is 1. The molecule has 0 bridgehead atoms. The Hall–Kier alpha value is -2.13. The molecular formula is C18H18N2S. The molecule has 21 heavy (non-hydrogen) atoms. The Morgan fingerprint density at radius 3 is 2.24 bits per heavy atom. The molecule has 0 fully saturated rings. The van der Waals surface area contributed by atoms with Crippen LogP contribution in [0.2, 0.25) is 0 Å². The SMILES string of the molecule is CCC(c1ccccc1)n1c(-c2ccccc2)c[nH]c1=S. The Balaban J connectivity index is 2.14. The first-order valence-electron chi connectivity index (χ1n) is 7.21. The molecule has 0 saturated heterocycles. The topological polar surface area (TPSA) is 20.7 Å². The highest BCUT2D eigenvalue weighted by Crippen LogP contribution is 2.29. The number of H-pyrrole nitrogens is 1. The molecule has 3 aromatic rings. The van der Waals surface area contributed by atoms with E-state index in [2.05, 4.69) is 65.0 Å². The third-order valence-electron chi connectivity index (χ3n) is 3.76. The molecule has 0 spiro atoms. The minimum Gasteiger partial charge on any atom is -0.337 e. The van der Waals surface area contributed by atoms with E-state index >= 15 is 0 Å². The smallest absolute Gasteiger partial charge is 0.178 e. The number of aromatic amines is 1. The number of nitrogens with one attached hydrogen (secondary N) is 1. The summed E-state index contributed by atoms with van der Waals surface area (Å²) in [6.07, 6.45) is 3.00. The molecule has 0 radical (unpaired) electrons. The quantitative estimate of drug-likeness (QED) is 0.655. The molecule has 1 atom stereocenters. The first kappa shape index (κ1) is 13.8. The van der Waals surface area contributed by atoms with Crippen molar-refractivity contribution in [3.8, 4) is 11.3 Å². The normalized spacial score (nSPS) is 12.2. The summed E-state index contributed by atoms with van der Waals surface area (Å²) in [6, 6.07) is 21.2. The second kappa shape index (κ2) is 6.10. The van der Waals surface area contributed by atoms with E-state index in [0.717, 1.165) is 16.9 Å². The molecule has 3 rings (SSSR count). The van der Waals surface area contributed by atoms with E-state index in [1.54, 1.807) is 0 Å². The van der Waals surface area contributed by atoms with Crippen molar-refractivity contribution in [2.24, 2.45) is 0 Å². The van der Waals surface area contributed by atoms with Gasteiger partial charge in [-0.3, -0.25) is 0 Å². The molecular weight excluding hydrogens is 276 g/mol. The van der Waals surface area contributed by atoms with Crippen molar-refractivity contribution in [2.45, 2.75) is 19.4 Å². The number of rotatable bonds is 4. The fraction of sp³-hybridized carbons (Fsp3) is 0.167. The highest BCUT2D eigenvalue weighted by molar-refractivity contribution is 7.71. The highest BCUT2D eigenvalue weighted by atomic mass is 32.1. The van der Waals surface area contributed by atoms with Gasteiger partial charge < -0.3 is 9.55 Å². The van der Waals surface area contributed by atoms with Crippen molar-refractivity contribution < 1.29 is 0 Å². The van der Waals surface area contributed by atoms with Crippen molar-refractivity contribution in [3.63, 3.8) is 0 Å². The van der Waals surface area contributed by atoms with Crippen LogP contribution in [-0.2, 0) is 0 Å². The van der Waals surface area contributed by atoms with E-state index < -0.39 is 0 Å². The van der Waals surface area contributed by atoms with Crippen LogP contribution in [0, 0.1) is 4.77 Å². The average Bonchev–Trinajstić information content (AvgIpc) is 2.92. The van der Waals surface area contributed by atoms with Crippen molar-refractivity contribution in [2.75, 3.05) is 0 Å². The molecule has 1 unspecified atom stereocenters. The van der Waals surface area contributed by atoms with E-state index in [1.165, 1.54) is 11.1 Å². The molecule has 0 aliphatic rings. The first-order chi connectivity index (χ1) is 10.3. The lowest BCUT2D eigenvalue weighted by Gasteiger charge is -2.20. The lowest BCUT2D eigenvalue weighted by Crippen LogP contribution is -2.11. The third kappa shape index (κ3) is 2.69. The molecule has 2 nitrogen and oxygen atoms in total. The average molecular weight is 294 g/mol. The molecule has 1 aromatic heterocycles. The zero-order valence-corrected chi connectivity index (χ0v) is 12.8.